The van der Waals surface area contributed by atoms with Gasteiger partial charge in [-0.3, -0.25) is 0 Å². The van der Waals surface area contributed by atoms with Crippen LogP contribution in [-0.4, -0.2) is 7.11 Å². The molecule has 1 fully saturated rings. The lowest BCUT2D eigenvalue weighted by molar-refractivity contribution is 0.404. The summed E-state index contributed by atoms with van der Waals surface area (Å²) in [5, 5.41) is 0. The molecule has 0 amide bonds. The third kappa shape index (κ3) is 2.19. The molecule has 0 aromatic heterocycles. The average molecular weight is 223 g/mol. The van der Waals surface area contributed by atoms with E-state index in [-0.39, 0.29) is 11.9 Å². The van der Waals surface area contributed by atoms with Crippen molar-refractivity contribution in [1.29, 1.82) is 0 Å². The fraction of sp³-hybridized carbons (Fsp3) is 0.538. The van der Waals surface area contributed by atoms with Crippen LogP contribution >= 0.6 is 0 Å². The van der Waals surface area contributed by atoms with Crippen molar-refractivity contribution < 1.29 is 9.13 Å². The van der Waals surface area contributed by atoms with Gasteiger partial charge in [-0.2, -0.15) is 0 Å². The molecule has 0 heterocycles. The van der Waals surface area contributed by atoms with Crippen molar-refractivity contribution in [2.45, 2.75) is 31.7 Å². The van der Waals surface area contributed by atoms with E-state index in [0.29, 0.717) is 17.2 Å². The SMILES string of the molecule is COc1ccc([C@@H](N)C2CCCC2)c(F)c1. The van der Waals surface area contributed by atoms with Crippen LogP contribution in [0.5, 0.6) is 5.75 Å². The Balaban J connectivity index is 2.19. The van der Waals surface area contributed by atoms with Gasteiger partial charge in [0.1, 0.15) is 11.6 Å². The summed E-state index contributed by atoms with van der Waals surface area (Å²) in [6.45, 7) is 0. The molecule has 2 N–H and O–H groups in total. The van der Waals surface area contributed by atoms with Crippen LogP contribution in [0.15, 0.2) is 18.2 Å². The molecule has 1 aliphatic rings. The number of methoxy groups -OCH3 is 1. The molecule has 0 saturated heterocycles. The summed E-state index contributed by atoms with van der Waals surface area (Å²) in [6, 6.07) is 4.75. The first-order valence-electron chi connectivity index (χ1n) is 5.81. The van der Waals surface area contributed by atoms with E-state index in [1.165, 1.54) is 26.0 Å². The minimum absolute atomic E-state index is 0.173. The van der Waals surface area contributed by atoms with Crippen LogP contribution in [0, 0.1) is 11.7 Å². The van der Waals surface area contributed by atoms with Crippen LogP contribution in [0.25, 0.3) is 0 Å². The minimum atomic E-state index is -0.251. The zero-order valence-corrected chi connectivity index (χ0v) is 9.58. The fourth-order valence-corrected chi connectivity index (χ4v) is 2.48. The van der Waals surface area contributed by atoms with Gasteiger partial charge in [0.05, 0.1) is 7.11 Å². The predicted molar refractivity (Wildman–Crippen MR) is 61.8 cm³/mol. The highest BCUT2D eigenvalue weighted by Crippen LogP contribution is 2.35. The Morgan fingerprint density at radius 3 is 2.62 bits per heavy atom. The van der Waals surface area contributed by atoms with E-state index < -0.39 is 0 Å². The number of ether oxygens (including phenoxy) is 1. The normalized spacial score (nSPS) is 18.7. The van der Waals surface area contributed by atoms with Crippen LogP contribution < -0.4 is 10.5 Å². The van der Waals surface area contributed by atoms with Crippen molar-refractivity contribution in [1.82, 2.24) is 0 Å². The topological polar surface area (TPSA) is 35.2 Å². The maximum Gasteiger partial charge on any atom is 0.131 e. The van der Waals surface area contributed by atoms with E-state index in [9.17, 15) is 4.39 Å². The number of benzene rings is 1. The number of rotatable bonds is 3. The molecule has 0 radical (unpaired) electrons. The lowest BCUT2D eigenvalue weighted by Gasteiger charge is -2.20. The molecule has 0 unspecified atom stereocenters. The van der Waals surface area contributed by atoms with Crippen LogP contribution in [0.1, 0.15) is 37.3 Å². The van der Waals surface area contributed by atoms with Gasteiger partial charge in [-0.05, 0) is 24.8 Å². The molecule has 1 aromatic rings. The second kappa shape index (κ2) is 4.83. The first-order valence-corrected chi connectivity index (χ1v) is 5.81. The molecule has 1 aliphatic carbocycles. The molecule has 3 heteroatoms. The molecular weight excluding hydrogens is 205 g/mol. The minimum Gasteiger partial charge on any atom is -0.497 e. The Morgan fingerprint density at radius 2 is 2.06 bits per heavy atom. The van der Waals surface area contributed by atoms with Gasteiger partial charge < -0.3 is 10.5 Å². The van der Waals surface area contributed by atoms with Crippen molar-refractivity contribution >= 4 is 0 Å². The molecule has 2 nitrogen and oxygen atoms in total. The van der Waals surface area contributed by atoms with Gasteiger partial charge in [-0.15, -0.1) is 0 Å². The summed E-state index contributed by atoms with van der Waals surface area (Å²) in [5.74, 6) is 0.724. The maximum absolute atomic E-state index is 13.8. The molecule has 0 spiro atoms. The third-order valence-electron chi connectivity index (χ3n) is 3.47. The van der Waals surface area contributed by atoms with Gasteiger partial charge in [-0.25, -0.2) is 4.39 Å². The number of hydrogen-bond donors (Lipinski definition) is 1. The smallest absolute Gasteiger partial charge is 0.131 e. The van der Waals surface area contributed by atoms with E-state index in [4.69, 9.17) is 10.5 Å². The van der Waals surface area contributed by atoms with Crippen molar-refractivity contribution in [3.05, 3.63) is 29.6 Å². The summed E-state index contributed by atoms with van der Waals surface area (Å²) in [5.41, 5.74) is 6.73. The van der Waals surface area contributed by atoms with Crippen molar-refractivity contribution in [2.75, 3.05) is 7.11 Å². The molecule has 2 rings (SSSR count). The van der Waals surface area contributed by atoms with Gasteiger partial charge in [0.25, 0.3) is 0 Å². The second-order valence-corrected chi connectivity index (χ2v) is 4.46. The van der Waals surface area contributed by atoms with E-state index in [1.54, 1.807) is 12.1 Å². The molecule has 16 heavy (non-hydrogen) atoms. The first-order chi connectivity index (χ1) is 7.72. The maximum atomic E-state index is 13.8. The van der Waals surface area contributed by atoms with Gasteiger partial charge >= 0.3 is 0 Å². The standard InChI is InChI=1S/C13H18FNO/c1-16-10-6-7-11(12(14)8-10)13(15)9-4-2-3-5-9/h6-9,13H,2-5,15H2,1H3/t13-/m0/s1. The average Bonchev–Trinajstić information content (AvgIpc) is 2.81. The van der Waals surface area contributed by atoms with E-state index in [2.05, 4.69) is 0 Å². The monoisotopic (exact) mass is 223 g/mol. The van der Waals surface area contributed by atoms with Crippen molar-refractivity contribution in [2.24, 2.45) is 11.7 Å². The lowest BCUT2D eigenvalue weighted by atomic mass is 9.92. The number of nitrogens with two attached hydrogens (primary N) is 1. The van der Waals surface area contributed by atoms with Gasteiger partial charge in [0.2, 0.25) is 0 Å². The van der Waals surface area contributed by atoms with E-state index in [0.717, 1.165) is 12.8 Å². The second-order valence-electron chi connectivity index (χ2n) is 4.46. The fourth-order valence-electron chi connectivity index (χ4n) is 2.48. The molecule has 88 valence electrons. The van der Waals surface area contributed by atoms with Crippen LogP contribution in [-0.2, 0) is 0 Å². The summed E-state index contributed by atoms with van der Waals surface area (Å²) < 4.78 is 18.8. The van der Waals surface area contributed by atoms with E-state index in [1.807, 2.05) is 0 Å². The van der Waals surface area contributed by atoms with Crippen LogP contribution in [0.2, 0.25) is 0 Å². The molecule has 1 aromatic carbocycles. The highest BCUT2D eigenvalue weighted by molar-refractivity contribution is 5.31. The van der Waals surface area contributed by atoms with Crippen molar-refractivity contribution in [3.63, 3.8) is 0 Å². The van der Waals surface area contributed by atoms with Crippen molar-refractivity contribution in [3.8, 4) is 5.75 Å². The summed E-state index contributed by atoms with van der Waals surface area (Å²) in [7, 11) is 1.53. The molecular formula is C13H18FNO. The lowest BCUT2D eigenvalue weighted by Crippen LogP contribution is -2.20. The Kier molecular flexibility index (Phi) is 3.44. The largest absolute Gasteiger partial charge is 0.497 e. The summed E-state index contributed by atoms with van der Waals surface area (Å²) in [4.78, 5) is 0. The Labute approximate surface area is 95.6 Å². The summed E-state index contributed by atoms with van der Waals surface area (Å²) >= 11 is 0. The van der Waals surface area contributed by atoms with Crippen LogP contribution in [0.3, 0.4) is 0 Å². The van der Waals surface area contributed by atoms with Crippen LogP contribution in [0.4, 0.5) is 4.39 Å². The Bertz CT molecular complexity index is 361. The quantitative estimate of drug-likeness (QED) is 0.854. The Hall–Kier alpha value is -1.09. The Morgan fingerprint density at radius 1 is 1.38 bits per heavy atom. The summed E-state index contributed by atoms with van der Waals surface area (Å²) in [6.07, 6.45) is 4.67. The zero-order valence-electron chi connectivity index (χ0n) is 9.58. The highest BCUT2D eigenvalue weighted by Gasteiger charge is 2.25. The zero-order chi connectivity index (χ0) is 11.5. The molecule has 1 saturated carbocycles. The van der Waals surface area contributed by atoms with Gasteiger partial charge in [0, 0.05) is 17.7 Å². The molecule has 0 bridgehead atoms. The van der Waals surface area contributed by atoms with E-state index >= 15 is 0 Å². The van der Waals surface area contributed by atoms with Gasteiger partial charge in [-0.1, -0.05) is 18.9 Å². The number of halogens is 1. The van der Waals surface area contributed by atoms with Gasteiger partial charge in [0.15, 0.2) is 0 Å². The first kappa shape index (κ1) is 11.4. The highest BCUT2D eigenvalue weighted by atomic mass is 19.1. The molecule has 1 atom stereocenters. The predicted octanol–water partition coefficient (Wildman–Crippen LogP) is 3.02. The number of hydrogen-bond acceptors (Lipinski definition) is 2. The third-order valence-corrected chi connectivity index (χ3v) is 3.47. The molecule has 0 aliphatic heterocycles.